The Morgan fingerprint density at radius 2 is 2.03 bits per heavy atom. The van der Waals surface area contributed by atoms with Gasteiger partial charge in [-0.2, -0.15) is 0 Å². The number of rotatable bonds is 6. The lowest BCUT2D eigenvalue weighted by molar-refractivity contribution is -0.143. The van der Waals surface area contributed by atoms with E-state index in [1.165, 1.54) is 4.90 Å². The fraction of sp³-hybridized carbons (Fsp3) is 0.500. The first-order valence-electron chi connectivity index (χ1n) is 12.2. The van der Waals surface area contributed by atoms with E-state index in [2.05, 4.69) is 39.2 Å². The van der Waals surface area contributed by atoms with Crippen LogP contribution in [0.2, 0.25) is 0 Å². The molecule has 0 spiro atoms. The normalized spacial score (nSPS) is 25.4. The minimum absolute atomic E-state index is 0.0279. The summed E-state index contributed by atoms with van der Waals surface area (Å²) < 4.78 is 9.39. The van der Waals surface area contributed by atoms with Crippen LogP contribution in [0.5, 0.6) is 0 Å². The van der Waals surface area contributed by atoms with Crippen molar-refractivity contribution in [1.29, 1.82) is 0 Å². The summed E-state index contributed by atoms with van der Waals surface area (Å²) in [5.41, 5.74) is 5.15. The number of morpholine rings is 1. The van der Waals surface area contributed by atoms with E-state index in [0.29, 0.717) is 6.54 Å². The van der Waals surface area contributed by atoms with Gasteiger partial charge in [0.25, 0.3) is 0 Å². The van der Waals surface area contributed by atoms with Crippen LogP contribution in [-0.2, 0) is 27.4 Å². The number of ether oxygens (including phenoxy) is 1. The number of nitrogens with one attached hydrogen (secondary N) is 2. The zero-order valence-electron chi connectivity index (χ0n) is 20.6. The number of aromatic nitrogens is 2. The molecular weight excluding hydrogens is 462 g/mol. The van der Waals surface area contributed by atoms with Crippen LogP contribution in [0.25, 0.3) is 21.5 Å². The summed E-state index contributed by atoms with van der Waals surface area (Å²) in [6.45, 7) is 9.67. The predicted molar refractivity (Wildman–Crippen MR) is 136 cm³/mol. The molecule has 2 amide bonds. The van der Waals surface area contributed by atoms with Gasteiger partial charge in [-0.1, -0.05) is 13.8 Å². The summed E-state index contributed by atoms with van der Waals surface area (Å²) in [4.78, 5) is 32.7. The second-order valence-corrected chi connectivity index (χ2v) is 11.5. The molecule has 2 unspecified atom stereocenters. The van der Waals surface area contributed by atoms with Gasteiger partial charge in [-0.25, -0.2) is 0 Å². The van der Waals surface area contributed by atoms with Crippen LogP contribution in [-0.4, -0.2) is 59.1 Å². The number of likely N-dealkylation sites (tertiary alicyclic amines) is 1. The highest BCUT2D eigenvalue weighted by Crippen LogP contribution is 2.63. The zero-order chi connectivity index (χ0) is 24.5. The second-order valence-electron chi connectivity index (χ2n) is 10.4. The molecule has 0 bridgehead atoms. The molecule has 3 fully saturated rings. The van der Waals surface area contributed by atoms with Crippen LogP contribution in [0, 0.1) is 24.2 Å². The Hall–Kier alpha value is -2.75. The van der Waals surface area contributed by atoms with Gasteiger partial charge in [0.1, 0.15) is 0 Å². The third-order valence-corrected chi connectivity index (χ3v) is 9.11. The molecule has 9 heteroatoms. The van der Waals surface area contributed by atoms with E-state index in [4.69, 9.17) is 4.74 Å². The number of carbonyl (C=O) groups is 2. The van der Waals surface area contributed by atoms with Gasteiger partial charge in [0.2, 0.25) is 11.8 Å². The van der Waals surface area contributed by atoms with E-state index >= 15 is 0 Å². The molecule has 3 aromatic rings. The van der Waals surface area contributed by atoms with Crippen LogP contribution >= 0.6 is 11.3 Å². The lowest BCUT2D eigenvalue weighted by atomic mass is 10.1. The fourth-order valence-corrected chi connectivity index (χ4v) is 7.01. The number of anilines is 1. The summed E-state index contributed by atoms with van der Waals surface area (Å²) in [5.74, 6) is -0.360. The predicted octanol–water partition coefficient (Wildman–Crippen LogP) is 3.24. The Balaban J connectivity index is 1.34. The molecule has 0 aromatic carbocycles. The van der Waals surface area contributed by atoms with Crippen molar-refractivity contribution in [3.63, 3.8) is 0 Å². The van der Waals surface area contributed by atoms with Crippen molar-refractivity contribution in [2.45, 2.75) is 40.0 Å². The Labute approximate surface area is 208 Å². The number of pyridine rings is 1. The Kier molecular flexibility index (Phi) is 5.28. The van der Waals surface area contributed by atoms with Gasteiger partial charge in [0, 0.05) is 42.5 Å². The first kappa shape index (κ1) is 22.7. The molecule has 184 valence electrons. The average Bonchev–Trinajstić information content (AvgIpc) is 3.14. The van der Waals surface area contributed by atoms with Crippen molar-refractivity contribution >= 4 is 39.1 Å². The number of thiophene rings is 1. The molecule has 0 radical (unpaired) electrons. The number of carbonyl (C=O) groups excluding carboxylic acids is 2. The van der Waals surface area contributed by atoms with Crippen LogP contribution in [0.4, 0.5) is 5.69 Å². The van der Waals surface area contributed by atoms with Crippen molar-refractivity contribution in [1.82, 2.24) is 19.8 Å². The second kappa shape index (κ2) is 8.15. The van der Waals surface area contributed by atoms with Gasteiger partial charge in [-0.05, 0) is 30.5 Å². The largest absolute Gasteiger partial charge is 0.387 e. The summed E-state index contributed by atoms with van der Waals surface area (Å²) in [6.07, 6.45) is 1.94. The SMILES string of the molecule is CNc1cc(-c2ccnc3cc(CN4C(=O)C5C(C4=O)C5(C)C)sc23)n(C[C@@H]2CNCCO2)c1C. The lowest BCUT2D eigenvalue weighted by Crippen LogP contribution is -2.41. The molecule has 35 heavy (non-hydrogen) atoms. The van der Waals surface area contributed by atoms with Crippen LogP contribution in [0.1, 0.15) is 24.4 Å². The molecule has 1 aliphatic carbocycles. The molecule has 2 aliphatic heterocycles. The summed E-state index contributed by atoms with van der Waals surface area (Å²) >= 11 is 1.62. The van der Waals surface area contributed by atoms with E-state index in [9.17, 15) is 9.59 Å². The number of amides is 2. The van der Waals surface area contributed by atoms with Crippen LogP contribution in [0.15, 0.2) is 24.4 Å². The minimum atomic E-state index is -0.189. The highest BCUT2D eigenvalue weighted by atomic mass is 32.1. The first-order chi connectivity index (χ1) is 16.8. The number of fused-ring (bicyclic) bond motifs is 2. The highest BCUT2D eigenvalue weighted by molar-refractivity contribution is 7.19. The number of hydrogen-bond donors (Lipinski definition) is 2. The Morgan fingerprint density at radius 3 is 2.71 bits per heavy atom. The van der Waals surface area contributed by atoms with Crippen molar-refractivity contribution in [2.24, 2.45) is 17.3 Å². The molecule has 3 atom stereocenters. The quantitative estimate of drug-likeness (QED) is 0.513. The maximum absolute atomic E-state index is 12.9. The van der Waals surface area contributed by atoms with Crippen LogP contribution < -0.4 is 10.6 Å². The topological polar surface area (TPSA) is 88.5 Å². The fourth-order valence-electron chi connectivity index (χ4n) is 5.88. The van der Waals surface area contributed by atoms with Crippen molar-refractivity contribution in [2.75, 3.05) is 32.1 Å². The van der Waals surface area contributed by atoms with E-state index in [1.807, 2.05) is 33.2 Å². The Morgan fingerprint density at radius 1 is 1.26 bits per heavy atom. The van der Waals surface area contributed by atoms with Crippen molar-refractivity contribution in [3.8, 4) is 11.3 Å². The minimum Gasteiger partial charge on any atom is -0.387 e. The molecule has 1 saturated carbocycles. The van der Waals surface area contributed by atoms with E-state index in [-0.39, 0.29) is 35.2 Å². The van der Waals surface area contributed by atoms with E-state index in [1.54, 1.807) is 11.3 Å². The van der Waals surface area contributed by atoms with Crippen molar-refractivity contribution < 1.29 is 14.3 Å². The van der Waals surface area contributed by atoms with Crippen LogP contribution in [0.3, 0.4) is 0 Å². The lowest BCUT2D eigenvalue weighted by Gasteiger charge is -2.25. The standard InChI is InChI=1S/C26H31N5O3S/c1-14-18(27-4)10-20(30(14)12-15-11-28-7-8-34-15)17-5-6-29-19-9-16(35-23(17)19)13-31-24(32)21-22(25(31)33)26(21,2)3/h5-6,9-10,15,21-22,27-28H,7-8,11-13H2,1-4H3/t15-,21?,22?/m0/s1. The molecule has 3 aliphatic rings. The highest BCUT2D eigenvalue weighted by Gasteiger charge is 2.72. The molecule has 5 heterocycles. The third kappa shape index (κ3) is 3.51. The van der Waals surface area contributed by atoms with Gasteiger partial charge >= 0.3 is 0 Å². The zero-order valence-corrected chi connectivity index (χ0v) is 21.4. The maximum atomic E-state index is 12.9. The van der Waals surface area contributed by atoms with Gasteiger partial charge in [-0.15, -0.1) is 11.3 Å². The molecule has 6 rings (SSSR count). The first-order valence-corrected chi connectivity index (χ1v) is 13.1. The van der Waals surface area contributed by atoms with Crippen molar-refractivity contribution in [3.05, 3.63) is 35.0 Å². The molecular formula is C26H31N5O3S. The Bertz CT molecular complexity index is 1310. The molecule has 2 saturated heterocycles. The van der Waals surface area contributed by atoms with Gasteiger partial charge in [-0.3, -0.25) is 19.5 Å². The smallest absolute Gasteiger partial charge is 0.234 e. The summed E-state index contributed by atoms with van der Waals surface area (Å²) in [6, 6.07) is 6.26. The monoisotopic (exact) mass is 493 g/mol. The maximum Gasteiger partial charge on any atom is 0.234 e. The van der Waals surface area contributed by atoms with E-state index < -0.39 is 0 Å². The molecule has 3 aromatic heterocycles. The van der Waals surface area contributed by atoms with Gasteiger partial charge in [0.15, 0.2) is 0 Å². The van der Waals surface area contributed by atoms with E-state index in [0.717, 1.165) is 64.0 Å². The molecule has 2 N–H and O–H groups in total. The number of nitrogens with zero attached hydrogens (tertiary/aromatic N) is 3. The van der Waals surface area contributed by atoms with Gasteiger partial charge in [0.05, 0.1) is 59.2 Å². The number of piperidine rings is 1. The van der Waals surface area contributed by atoms with Gasteiger partial charge < -0.3 is 19.9 Å². The third-order valence-electron chi connectivity index (χ3n) is 7.97. The summed E-state index contributed by atoms with van der Waals surface area (Å²) in [5, 5.41) is 6.74. The summed E-state index contributed by atoms with van der Waals surface area (Å²) in [7, 11) is 1.94. The number of imide groups is 1. The number of hydrogen-bond acceptors (Lipinski definition) is 7. The average molecular weight is 494 g/mol. The molecule has 8 nitrogen and oxygen atoms in total.